The third-order valence-electron chi connectivity index (χ3n) is 4.96. The number of aromatic nitrogens is 1. The Morgan fingerprint density at radius 1 is 1.16 bits per heavy atom. The molecule has 4 rings (SSSR count). The lowest BCUT2D eigenvalue weighted by molar-refractivity contribution is 0.312. The molecule has 1 aliphatic heterocycles. The van der Waals surface area contributed by atoms with Gasteiger partial charge in [0.25, 0.3) is 0 Å². The number of nitrogens with zero attached hydrogens (tertiary/aromatic N) is 2. The van der Waals surface area contributed by atoms with E-state index < -0.39 is 0 Å². The Balaban J connectivity index is 1.90. The Labute approximate surface area is 152 Å². The van der Waals surface area contributed by atoms with Crippen molar-refractivity contribution in [1.29, 1.82) is 0 Å². The molecule has 0 unspecified atom stereocenters. The molecular weight excluding hydrogens is 335 g/mol. The van der Waals surface area contributed by atoms with E-state index in [1.807, 2.05) is 24.3 Å². The van der Waals surface area contributed by atoms with E-state index in [9.17, 15) is 4.39 Å². The Bertz CT molecular complexity index is 970. The van der Waals surface area contributed by atoms with Crippen LogP contribution in [0, 0.1) is 5.82 Å². The van der Waals surface area contributed by atoms with Crippen molar-refractivity contribution in [2.24, 2.45) is 0 Å². The molecule has 0 amide bonds. The van der Waals surface area contributed by atoms with Crippen LogP contribution in [0.5, 0.6) is 0 Å². The molecule has 3 aromatic rings. The summed E-state index contributed by atoms with van der Waals surface area (Å²) in [5, 5.41) is 2.00. The fourth-order valence-electron chi connectivity index (χ4n) is 3.63. The first-order valence-corrected chi connectivity index (χ1v) is 8.85. The van der Waals surface area contributed by atoms with E-state index in [0.29, 0.717) is 0 Å². The van der Waals surface area contributed by atoms with Crippen LogP contribution in [0.1, 0.15) is 23.7 Å². The number of likely N-dealkylation sites (N-methyl/N-ethyl adjacent to an activating group) is 1. The highest BCUT2D eigenvalue weighted by molar-refractivity contribution is 6.31. The maximum Gasteiger partial charge on any atom is 0.123 e. The van der Waals surface area contributed by atoms with Crippen molar-refractivity contribution in [2.45, 2.75) is 19.9 Å². The molecule has 2 heterocycles. The molecule has 0 spiro atoms. The van der Waals surface area contributed by atoms with Crippen molar-refractivity contribution in [3.8, 4) is 0 Å². The summed E-state index contributed by atoms with van der Waals surface area (Å²) in [7, 11) is 2.15. The van der Waals surface area contributed by atoms with Crippen molar-refractivity contribution < 1.29 is 4.39 Å². The molecule has 2 nitrogen and oxygen atoms in total. The molecule has 0 bridgehead atoms. The van der Waals surface area contributed by atoms with Crippen LogP contribution in [0.15, 0.2) is 42.5 Å². The lowest BCUT2D eigenvalue weighted by Crippen LogP contribution is -2.26. The minimum Gasteiger partial charge on any atom is -0.320 e. The first-order valence-electron chi connectivity index (χ1n) is 8.47. The molecule has 0 fully saturated rings. The SMILES string of the molecule is C/C(=C/n1c2c(c3ccc(Cl)cc31)CN(C)CC2)c1ccc(F)cc1. The number of benzene rings is 2. The van der Waals surface area contributed by atoms with Crippen molar-refractivity contribution in [3.63, 3.8) is 0 Å². The Morgan fingerprint density at radius 2 is 1.92 bits per heavy atom. The summed E-state index contributed by atoms with van der Waals surface area (Å²) in [6, 6.07) is 12.8. The van der Waals surface area contributed by atoms with E-state index in [4.69, 9.17) is 11.6 Å². The molecule has 1 aliphatic rings. The van der Waals surface area contributed by atoms with Crippen LogP contribution in [-0.2, 0) is 13.0 Å². The molecule has 0 saturated heterocycles. The summed E-state index contributed by atoms with van der Waals surface area (Å²) in [6.07, 6.45) is 3.15. The first-order chi connectivity index (χ1) is 12.0. The average molecular weight is 355 g/mol. The second kappa shape index (κ2) is 6.32. The fraction of sp³-hybridized carbons (Fsp3) is 0.238. The Morgan fingerprint density at radius 3 is 2.68 bits per heavy atom. The minimum absolute atomic E-state index is 0.213. The van der Waals surface area contributed by atoms with E-state index in [1.54, 1.807) is 0 Å². The fourth-order valence-corrected chi connectivity index (χ4v) is 3.79. The number of fused-ring (bicyclic) bond motifs is 3. The molecule has 0 N–H and O–H groups in total. The first kappa shape index (κ1) is 16.4. The molecule has 0 radical (unpaired) electrons. The second-order valence-electron chi connectivity index (χ2n) is 6.76. The van der Waals surface area contributed by atoms with Crippen LogP contribution in [0.4, 0.5) is 4.39 Å². The summed E-state index contributed by atoms with van der Waals surface area (Å²) in [4.78, 5) is 2.34. The van der Waals surface area contributed by atoms with Crippen molar-refractivity contribution in [2.75, 3.05) is 13.6 Å². The van der Waals surface area contributed by atoms with Gasteiger partial charge < -0.3 is 9.47 Å². The van der Waals surface area contributed by atoms with E-state index in [-0.39, 0.29) is 5.82 Å². The zero-order valence-corrected chi connectivity index (χ0v) is 15.1. The van der Waals surface area contributed by atoms with Crippen molar-refractivity contribution in [1.82, 2.24) is 9.47 Å². The topological polar surface area (TPSA) is 8.17 Å². The van der Waals surface area contributed by atoms with Gasteiger partial charge >= 0.3 is 0 Å². The van der Waals surface area contributed by atoms with Crippen LogP contribution >= 0.6 is 11.6 Å². The molecule has 0 atom stereocenters. The van der Waals surface area contributed by atoms with E-state index >= 15 is 0 Å². The maximum atomic E-state index is 13.2. The lowest BCUT2D eigenvalue weighted by atomic mass is 10.1. The molecule has 1 aromatic heterocycles. The molecule has 0 saturated carbocycles. The highest BCUT2D eigenvalue weighted by Gasteiger charge is 2.21. The predicted octanol–water partition coefficient (Wildman–Crippen LogP) is 5.44. The normalized spacial score (nSPS) is 15.6. The van der Waals surface area contributed by atoms with Gasteiger partial charge in [-0.15, -0.1) is 0 Å². The molecule has 2 aromatic carbocycles. The Kier molecular flexibility index (Phi) is 4.14. The van der Waals surface area contributed by atoms with Gasteiger partial charge in [0.05, 0.1) is 5.52 Å². The summed E-state index contributed by atoms with van der Waals surface area (Å²) >= 11 is 6.27. The number of allylic oxidation sites excluding steroid dienone is 1. The quantitative estimate of drug-likeness (QED) is 0.595. The summed E-state index contributed by atoms with van der Waals surface area (Å²) in [5.41, 5.74) is 5.97. The van der Waals surface area contributed by atoms with Gasteiger partial charge in [-0.25, -0.2) is 4.39 Å². The van der Waals surface area contributed by atoms with Crippen molar-refractivity contribution in [3.05, 3.63) is 70.1 Å². The molecule has 4 heteroatoms. The standard InChI is InChI=1S/C21H20ClFN2/c1-14(15-3-6-17(23)7-4-15)12-25-20-9-10-24(2)13-19(20)18-8-5-16(22)11-21(18)25/h3-8,11-12H,9-10,13H2,1-2H3/b14-12-. The van der Waals surface area contributed by atoms with Crippen LogP contribution in [0.2, 0.25) is 5.02 Å². The van der Waals surface area contributed by atoms with Crippen LogP contribution in [0.25, 0.3) is 22.7 Å². The van der Waals surface area contributed by atoms with Gasteiger partial charge in [-0.05, 0) is 54.9 Å². The molecule has 25 heavy (non-hydrogen) atoms. The highest BCUT2D eigenvalue weighted by atomic mass is 35.5. The molecule has 128 valence electrons. The van der Waals surface area contributed by atoms with E-state index in [1.165, 1.54) is 28.8 Å². The Hall–Kier alpha value is -2.10. The zero-order valence-electron chi connectivity index (χ0n) is 14.4. The number of rotatable bonds is 2. The van der Waals surface area contributed by atoms with Gasteiger partial charge in [0.2, 0.25) is 0 Å². The molecular formula is C21H20ClFN2. The van der Waals surface area contributed by atoms with Crippen molar-refractivity contribution >= 4 is 34.3 Å². The summed E-state index contributed by atoms with van der Waals surface area (Å²) in [5.74, 6) is -0.213. The smallest absolute Gasteiger partial charge is 0.123 e. The number of halogens is 2. The van der Waals surface area contributed by atoms with Gasteiger partial charge in [-0.2, -0.15) is 0 Å². The van der Waals surface area contributed by atoms with Crippen LogP contribution in [-0.4, -0.2) is 23.1 Å². The van der Waals surface area contributed by atoms with Crippen LogP contribution in [0.3, 0.4) is 0 Å². The minimum atomic E-state index is -0.213. The number of hydrogen-bond acceptors (Lipinski definition) is 1. The second-order valence-corrected chi connectivity index (χ2v) is 7.20. The lowest BCUT2D eigenvalue weighted by Gasteiger charge is -2.23. The summed E-state index contributed by atoms with van der Waals surface area (Å²) in [6.45, 7) is 4.05. The van der Waals surface area contributed by atoms with Gasteiger partial charge in [0.1, 0.15) is 5.82 Å². The van der Waals surface area contributed by atoms with Gasteiger partial charge in [0.15, 0.2) is 0 Å². The van der Waals surface area contributed by atoms with Gasteiger partial charge in [-0.1, -0.05) is 29.8 Å². The third-order valence-corrected chi connectivity index (χ3v) is 5.20. The largest absolute Gasteiger partial charge is 0.320 e. The molecule has 0 aliphatic carbocycles. The summed E-state index contributed by atoms with van der Waals surface area (Å²) < 4.78 is 15.5. The van der Waals surface area contributed by atoms with Gasteiger partial charge in [-0.3, -0.25) is 0 Å². The maximum absolute atomic E-state index is 13.2. The van der Waals surface area contributed by atoms with Crippen LogP contribution < -0.4 is 0 Å². The monoisotopic (exact) mass is 354 g/mol. The van der Waals surface area contributed by atoms with E-state index in [0.717, 1.165) is 41.2 Å². The number of hydrogen-bond donors (Lipinski definition) is 0. The zero-order chi connectivity index (χ0) is 17.6. The highest BCUT2D eigenvalue weighted by Crippen LogP contribution is 2.33. The van der Waals surface area contributed by atoms with Gasteiger partial charge in [0, 0.05) is 41.8 Å². The van der Waals surface area contributed by atoms with E-state index in [2.05, 4.69) is 35.7 Å². The average Bonchev–Trinajstić information content (AvgIpc) is 2.88. The third kappa shape index (κ3) is 2.99. The predicted molar refractivity (Wildman–Crippen MR) is 103 cm³/mol.